The third kappa shape index (κ3) is 4.14. The number of hydrogen-bond acceptors (Lipinski definition) is 4. The summed E-state index contributed by atoms with van der Waals surface area (Å²) in [7, 11) is 1.77. The molecule has 0 aliphatic carbocycles. The number of nitrogens with zero attached hydrogens (tertiary/aromatic N) is 3. The van der Waals surface area contributed by atoms with Crippen molar-refractivity contribution in [1.29, 1.82) is 0 Å². The second kappa shape index (κ2) is 7.95. The highest BCUT2D eigenvalue weighted by Gasteiger charge is 2.21. The Labute approximate surface area is 168 Å². The van der Waals surface area contributed by atoms with Gasteiger partial charge in [0.1, 0.15) is 0 Å². The van der Waals surface area contributed by atoms with E-state index in [2.05, 4.69) is 27.1 Å². The van der Waals surface area contributed by atoms with Crippen LogP contribution in [0.15, 0.2) is 60.9 Å². The van der Waals surface area contributed by atoms with Crippen LogP contribution in [-0.4, -0.2) is 28.8 Å². The summed E-state index contributed by atoms with van der Waals surface area (Å²) < 4.78 is 0. The third-order valence-corrected chi connectivity index (χ3v) is 4.69. The van der Waals surface area contributed by atoms with Crippen molar-refractivity contribution in [2.45, 2.75) is 12.8 Å². The number of rotatable bonds is 2. The summed E-state index contributed by atoms with van der Waals surface area (Å²) >= 11 is 0. The molecule has 29 heavy (non-hydrogen) atoms. The standard InChI is InChI=1S/C23H18N4O2/c1-27-20-9-8-19(15-17(20)7-11-22(27)28)26-23(29)18-5-2-4-16(14-18)6-10-21-24-12-3-13-25-21/h2-5,8-9,12-15H,7,11H2,1H3,(H,26,29). The second-order valence-corrected chi connectivity index (χ2v) is 6.65. The molecule has 0 spiro atoms. The average Bonchev–Trinajstić information content (AvgIpc) is 2.76. The zero-order valence-electron chi connectivity index (χ0n) is 15.8. The number of nitrogens with one attached hydrogen (secondary N) is 1. The van der Waals surface area contributed by atoms with E-state index in [1.54, 1.807) is 48.6 Å². The molecule has 2 aromatic carbocycles. The van der Waals surface area contributed by atoms with Crippen molar-refractivity contribution < 1.29 is 9.59 Å². The number of fused-ring (bicyclic) bond motifs is 1. The van der Waals surface area contributed by atoms with Gasteiger partial charge in [0.15, 0.2) is 0 Å². The van der Waals surface area contributed by atoms with Gasteiger partial charge in [0.05, 0.1) is 0 Å². The molecule has 1 aliphatic rings. The highest BCUT2D eigenvalue weighted by molar-refractivity contribution is 6.05. The molecular formula is C23H18N4O2. The van der Waals surface area contributed by atoms with Gasteiger partial charge in [-0.15, -0.1) is 0 Å². The first-order valence-corrected chi connectivity index (χ1v) is 9.20. The minimum absolute atomic E-state index is 0.105. The van der Waals surface area contributed by atoms with Crippen LogP contribution in [0.4, 0.5) is 11.4 Å². The Hall–Kier alpha value is -3.98. The Morgan fingerprint density at radius 1 is 1.03 bits per heavy atom. The van der Waals surface area contributed by atoms with Crippen molar-refractivity contribution in [1.82, 2.24) is 9.97 Å². The van der Waals surface area contributed by atoms with Gasteiger partial charge in [0, 0.05) is 48.4 Å². The van der Waals surface area contributed by atoms with E-state index < -0.39 is 0 Å². The summed E-state index contributed by atoms with van der Waals surface area (Å²) in [6.07, 6.45) is 4.42. The number of anilines is 2. The van der Waals surface area contributed by atoms with Crippen LogP contribution in [0.5, 0.6) is 0 Å². The van der Waals surface area contributed by atoms with Crippen LogP contribution >= 0.6 is 0 Å². The van der Waals surface area contributed by atoms with E-state index in [0.29, 0.717) is 35.5 Å². The topological polar surface area (TPSA) is 75.2 Å². The number of aromatic nitrogens is 2. The number of amides is 2. The summed E-state index contributed by atoms with van der Waals surface area (Å²) in [4.78, 5) is 34.3. The Morgan fingerprint density at radius 2 is 1.86 bits per heavy atom. The lowest BCUT2D eigenvalue weighted by Crippen LogP contribution is -2.31. The Kier molecular flexibility index (Phi) is 5.04. The lowest BCUT2D eigenvalue weighted by atomic mass is 10.0. The van der Waals surface area contributed by atoms with Gasteiger partial charge >= 0.3 is 0 Å². The van der Waals surface area contributed by atoms with E-state index in [4.69, 9.17) is 0 Å². The highest BCUT2D eigenvalue weighted by atomic mass is 16.2. The highest BCUT2D eigenvalue weighted by Crippen LogP contribution is 2.29. The van der Waals surface area contributed by atoms with Gasteiger partial charge < -0.3 is 10.2 Å². The van der Waals surface area contributed by atoms with Crippen LogP contribution in [0.3, 0.4) is 0 Å². The van der Waals surface area contributed by atoms with Crippen molar-refractivity contribution in [2.24, 2.45) is 0 Å². The summed E-state index contributed by atoms with van der Waals surface area (Å²) in [6, 6.07) is 14.4. The Morgan fingerprint density at radius 3 is 2.69 bits per heavy atom. The molecule has 1 aromatic heterocycles. The molecule has 0 saturated heterocycles. The van der Waals surface area contributed by atoms with Crippen LogP contribution in [0, 0.1) is 11.8 Å². The molecule has 142 valence electrons. The quantitative estimate of drug-likeness (QED) is 0.692. The largest absolute Gasteiger partial charge is 0.322 e. The lowest BCUT2D eigenvalue weighted by molar-refractivity contribution is -0.118. The van der Waals surface area contributed by atoms with Crippen molar-refractivity contribution in [3.8, 4) is 11.8 Å². The second-order valence-electron chi connectivity index (χ2n) is 6.65. The molecule has 4 rings (SSSR count). The molecule has 2 heterocycles. The zero-order chi connectivity index (χ0) is 20.2. The molecule has 6 heteroatoms. The van der Waals surface area contributed by atoms with Crippen LogP contribution in [-0.2, 0) is 11.2 Å². The zero-order valence-corrected chi connectivity index (χ0v) is 15.8. The summed E-state index contributed by atoms with van der Waals surface area (Å²) in [5.74, 6) is 6.18. The first-order chi connectivity index (χ1) is 14.1. The molecule has 6 nitrogen and oxygen atoms in total. The van der Waals surface area contributed by atoms with Crippen molar-refractivity contribution in [3.63, 3.8) is 0 Å². The molecule has 3 aromatic rings. The molecule has 0 bridgehead atoms. The monoisotopic (exact) mass is 382 g/mol. The number of carbonyl (C=O) groups excluding carboxylic acids is 2. The molecular weight excluding hydrogens is 364 g/mol. The van der Waals surface area contributed by atoms with E-state index in [-0.39, 0.29) is 11.8 Å². The van der Waals surface area contributed by atoms with Crippen LogP contribution in [0.1, 0.15) is 33.7 Å². The first-order valence-electron chi connectivity index (χ1n) is 9.20. The molecule has 1 aliphatic heterocycles. The van der Waals surface area contributed by atoms with Gasteiger partial charge in [-0.05, 0) is 60.4 Å². The summed E-state index contributed by atoms with van der Waals surface area (Å²) in [5, 5.41) is 2.92. The van der Waals surface area contributed by atoms with Gasteiger partial charge in [0.25, 0.3) is 5.91 Å². The van der Waals surface area contributed by atoms with Gasteiger partial charge in [0.2, 0.25) is 11.7 Å². The molecule has 0 radical (unpaired) electrons. The number of hydrogen-bond donors (Lipinski definition) is 1. The van der Waals surface area contributed by atoms with Crippen molar-refractivity contribution in [3.05, 3.63) is 83.4 Å². The molecule has 0 unspecified atom stereocenters. The van der Waals surface area contributed by atoms with E-state index in [9.17, 15) is 9.59 Å². The Balaban J connectivity index is 1.51. The van der Waals surface area contributed by atoms with E-state index >= 15 is 0 Å². The van der Waals surface area contributed by atoms with E-state index in [0.717, 1.165) is 11.3 Å². The molecule has 0 saturated carbocycles. The molecule has 0 atom stereocenters. The molecule has 1 N–H and O–H groups in total. The SMILES string of the molecule is CN1C(=O)CCc2cc(NC(=O)c3cccc(C#Cc4ncccn4)c3)ccc21. The van der Waals surface area contributed by atoms with Gasteiger partial charge in [-0.1, -0.05) is 12.0 Å². The first kappa shape index (κ1) is 18.4. The van der Waals surface area contributed by atoms with Crippen LogP contribution in [0.2, 0.25) is 0 Å². The summed E-state index contributed by atoms with van der Waals surface area (Å²) in [5.41, 5.74) is 3.85. The van der Waals surface area contributed by atoms with Crippen molar-refractivity contribution in [2.75, 3.05) is 17.3 Å². The lowest BCUT2D eigenvalue weighted by Gasteiger charge is -2.26. The fourth-order valence-electron chi connectivity index (χ4n) is 3.17. The number of benzene rings is 2. The van der Waals surface area contributed by atoms with Gasteiger partial charge in [-0.3, -0.25) is 9.59 Å². The molecule has 0 fully saturated rings. The van der Waals surface area contributed by atoms with E-state index in [1.165, 1.54) is 0 Å². The smallest absolute Gasteiger partial charge is 0.255 e. The van der Waals surface area contributed by atoms with Crippen LogP contribution < -0.4 is 10.2 Å². The predicted octanol–water partition coefficient (Wildman–Crippen LogP) is 3.04. The predicted molar refractivity (Wildman–Crippen MR) is 111 cm³/mol. The maximum atomic E-state index is 12.7. The number of aryl methyl sites for hydroxylation is 1. The van der Waals surface area contributed by atoms with Crippen molar-refractivity contribution >= 4 is 23.2 Å². The van der Waals surface area contributed by atoms with E-state index in [1.807, 2.05) is 24.3 Å². The maximum absolute atomic E-state index is 12.7. The normalized spacial score (nSPS) is 12.6. The maximum Gasteiger partial charge on any atom is 0.255 e. The summed E-state index contributed by atoms with van der Waals surface area (Å²) in [6.45, 7) is 0. The minimum atomic E-state index is -0.218. The number of carbonyl (C=O) groups is 2. The fraction of sp³-hybridized carbons (Fsp3) is 0.130. The molecule has 2 amide bonds. The Bertz CT molecular complexity index is 1150. The third-order valence-electron chi connectivity index (χ3n) is 4.69. The van der Waals surface area contributed by atoms with Gasteiger partial charge in [-0.2, -0.15) is 0 Å². The fourth-order valence-corrected chi connectivity index (χ4v) is 3.17. The minimum Gasteiger partial charge on any atom is -0.322 e. The van der Waals surface area contributed by atoms with Crippen LogP contribution in [0.25, 0.3) is 0 Å². The van der Waals surface area contributed by atoms with Gasteiger partial charge in [-0.25, -0.2) is 9.97 Å². The average molecular weight is 382 g/mol.